The molecule has 0 aromatic rings. The van der Waals surface area contributed by atoms with Crippen molar-refractivity contribution in [1.29, 1.82) is 0 Å². The summed E-state index contributed by atoms with van der Waals surface area (Å²) in [6.07, 6.45) is 12.9. The Hall–Kier alpha value is -0.480. The molecule has 1 fully saturated rings. The smallest absolute Gasteiger partial charge is 0.00980 e. The van der Waals surface area contributed by atoms with Crippen molar-refractivity contribution in [3.8, 4) is 12.3 Å². The van der Waals surface area contributed by atoms with Crippen LogP contribution in [0.1, 0.15) is 52.4 Å². The van der Waals surface area contributed by atoms with Crippen molar-refractivity contribution < 1.29 is 0 Å². The number of unbranched alkanes of at least 4 members (excludes halogenated alkanes) is 1. The Kier molecular flexibility index (Phi) is 5.79. The zero-order valence-corrected chi connectivity index (χ0v) is 10.3. The van der Waals surface area contributed by atoms with Crippen molar-refractivity contribution in [3.63, 3.8) is 0 Å². The number of terminal acetylenes is 1. The lowest BCUT2D eigenvalue weighted by Crippen LogP contribution is -2.37. The third kappa shape index (κ3) is 3.87. The van der Waals surface area contributed by atoms with E-state index in [-0.39, 0.29) is 0 Å². The van der Waals surface area contributed by atoms with Gasteiger partial charge in [-0.2, -0.15) is 0 Å². The quantitative estimate of drug-likeness (QED) is 0.521. The van der Waals surface area contributed by atoms with Gasteiger partial charge in [-0.05, 0) is 37.6 Å². The Morgan fingerprint density at radius 1 is 1.47 bits per heavy atom. The molecule has 0 heterocycles. The van der Waals surface area contributed by atoms with Crippen LogP contribution in [0.25, 0.3) is 0 Å². The molecule has 0 aliphatic heterocycles. The first-order valence-electron chi connectivity index (χ1n) is 6.46. The summed E-state index contributed by atoms with van der Waals surface area (Å²) in [6, 6.07) is 0.709. The molecule has 1 aliphatic rings. The van der Waals surface area contributed by atoms with Crippen LogP contribution in [0.5, 0.6) is 0 Å². The maximum Gasteiger partial charge on any atom is 0.00980 e. The van der Waals surface area contributed by atoms with Crippen molar-refractivity contribution >= 4 is 0 Å². The molecule has 0 aromatic carbocycles. The highest BCUT2D eigenvalue weighted by Crippen LogP contribution is 2.35. The van der Waals surface area contributed by atoms with Crippen molar-refractivity contribution in [1.82, 2.24) is 5.32 Å². The van der Waals surface area contributed by atoms with E-state index in [2.05, 4.69) is 25.1 Å². The minimum atomic E-state index is 0.709. The topological polar surface area (TPSA) is 12.0 Å². The predicted octanol–water partition coefficient (Wildman–Crippen LogP) is 3.20. The van der Waals surface area contributed by atoms with Gasteiger partial charge in [0.25, 0.3) is 0 Å². The van der Waals surface area contributed by atoms with Gasteiger partial charge in [-0.25, -0.2) is 0 Å². The highest BCUT2D eigenvalue weighted by molar-refractivity contribution is 4.87. The molecule has 15 heavy (non-hydrogen) atoms. The number of hydrogen-bond acceptors (Lipinski definition) is 1. The SMILES string of the molecule is C#CCCCC(NCC)C1CCCC1C. The van der Waals surface area contributed by atoms with Crippen LogP contribution in [-0.4, -0.2) is 12.6 Å². The van der Waals surface area contributed by atoms with Gasteiger partial charge in [0.15, 0.2) is 0 Å². The van der Waals surface area contributed by atoms with Crippen LogP contribution >= 0.6 is 0 Å². The molecule has 1 heteroatoms. The van der Waals surface area contributed by atoms with E-state index in [1.54, 1.807) is 0 Å². The maximum absolute atomic E-state index is 5.30. The van der Waals surface area contributed by atoms with Gasteiger partial charge in [0, 0.05) is 12.5 Å². The predicted molar refractivity (Wildman–Crippen MR) is 66.7 cm³/mol. The molecule has 0 amide bonds. The van der Waals surface area contributed by atoms with Gasteiger partial charge in [0.1, 0.15) is 0 Å². The van der Waals surface area contributed by atoms with Gasteiger partial charge in [0.2, 0.25) is 0 Å². The Morgan fingerprint density at radius 3 is 2.80 bits per heavy atom. The lowest BCUT2D eigenvalue weighted by Gasteiger charge is -2.27. The molecule has 3 atom stereocenters. The molecule has 0 bridgehead atoms. The summed E-state index contributed by atoms with van der Waals surface area (Å²) in [4.78, 5) is 0. The van der Waals surface area contributed by atoms with E-state index >= 15 is 0 Å². The fraction of sp³-hybridized carbons (Fsp3) is 0.857. The Morgan fingerprint density at radius 2 is 2.27 bits per heavy atom. The van der Waals surface area contributed by atoms with E-state index in [4.69, 9.17) is 6.42 Å². The number of nitrogens with one attached hydrogen (secondary N) is 1. The normalized spacial score (nSPS) is 27.5. The first-order chi connectivity index (χ1) is 7.29. The Balaban J connectivity index is 2.38. The van der Waals surface area contributed by atoms with E-state index in [0.717, 1.165) is 24.8 Å². The molecular formula is C14H25N. The van der Waals surface area contributed by atoms with Crippen LogP contribution in [0.4, 0.5) is 0 Å². The van der Waals surface area contributed by atoms with Crippen LogP contribution in [0.2, 0.25) is 0 Å². The monoisotopic (exact) mass is 207 g/mol. The first kappa shape index (κ1) is 12.6. The second-order valence-electron chi connectivity index (χ2n) is 4.83. The largest absolute Gasteiger partial charge is 0.314 e. The van der Waals surface area contributed by atoms with Gasteiger partial charge < -0.3 is 5.32 Å². The molecule has 1 aliphatic carbocycles. The van der Waals surface area contributed by atoms with Crippen molar-refractivity contribution in [2.24, 2.45) is 11.8 Å². The molecule has 1 N–H and O–H groups in total. The Bertz CT molecular complexity index is 204. The lowest BCUT2D eigenvalue weighted by molar-refractivity contribution is 0.284. The van der Waals surface area contributed by atoms with E-state index < -0.39 is 0 Å². The van der Waals surface area contributed by atoms with Crippen LogP contribution < -0.4 is 5.32 Å². The molecule has 3 unspecified atom stereocenters. The molecule has 1 rings (SSSR count). The zero-order valence-electron chi connectivity index (χ0n) is 10.3. The molecule has 0 saturated heterocycles. The average Bonchev–Trinajstić information content (AvgIpc) is 2.64. The van der Waals surface area contributed by atoms with Crippen molar-refractivity contribution in [2.45, 2.75) is 58.4 Å². The molecule has 1 nitrogen and oxygen atoms in total. The second kappa shape index (κ2) is 6.90. The van der Waals surface area contributed by atoms with Crippen molar-refractivity contribution in [2.75, 3.05) is 6.54 Å². The van der Waals surface area contributed by atoms with Crippen LogP contribution in [0.3, 0.4) is 0 Å². The van der Waals surface area contributed by atoms with Gasteiger partial charge >= 0.3 is 0 Å². The number of hydrogen-bond donors (Lipinski definition) is 1. The lowest BCUT2D eigenvalue weighted by atomic mass is 9.87. The van der Waals surface area contributed by atoms with Gasteiger partial charge in [-0.15, -0.1) is 12.3 Å². The molecule has 0 radical (unpaired) electrons. The molecule has 0 aromatic heterocycles. The van der Waals surface area contributed by atoms with Gasteiger partial charge in [-0.3, -0.25) is 0 Å². The van der Waals surface area contributed by atoms with Crippen molar-refractivity contribution in [3.05, 3.63) is 0 Å². The zero-order chi connectivity index (χ0) is 11.1. The summed E-state index contributed by atoms with van der Waals surface area (Å²) in [5.41, 5.74) is 0. The minimum Gasteiger partial charge on any atom is -0.314 e. The summed E-state index contributed by atoms with van der Waals surface area (Å²) < 4.78 is 0. The summed E-state index contributed by atoms with van der Waals surface area (Å²) in [5.74, 6) is 4.53. The fourth-order valence-corrected chi connectivity index (χ4v) is 2.93. The highest BCUT2D eigenvalue weighted by atomic mass is 14.9. The summed E-state index contributed by atoms with van der Waals surface area (Å²) >= 11 is 0. The Labute approximate surface area is 95.0 Å². The summed E-state index contributed by atoms with van der Waals surface area (Å²) in [7, 11) is 0. The average molecular weight is 207 g/mol. The van der Waals surface area contributed by atoms with E-state index in [1.165, 1.54) is 32.1 Å². The highest BCUT2D eigenvalue weighted by Gasteiger charge is 2.29. The third-order valence-electron chi connectivity index (χ3n) is 3.75. The van der Waals surface area contributed by atoms with E-state index in [9.17, 15) is 0 Å². The standard InChI is InChI=1S/C14H25N/c1-4-6-7-11-14(15-5-2)13-10-8-9-12(13)3/h1,12-15H,5-11H2,2-3H3. The minimum absolute atomic E-state index is 0.709. The molecule has 0 spiro atoms. The summed E-state index contributed by atoms with van der Waals surface area (Å²) in [5, 5.41) is 3.65. The first-order valence-corrected chi connectivity index (χ1v) is 6.46. The molecule has 86 valence electrons. The van der Waals surface area contributed by atoms with Crippen LogP contribution in [0.15, 0.2) is 0 Å². The molecule has 1 saturated carbocycles. The second-order valence-corrected chi connectivity index (χ2v) is 4.83. The van der Waals surface area contributed by atoms with Crippen LogP contribution in [0, 0.1) is 24.2 Å². The third-order valence-corrected chi connectivity index (χ3v) is 3.75. The number of rotatable bonds is 6. The maximum atomic E-state index is 5.30. The fourth-order valence-electron chi connectivity index (χ4n) is 2.93. The molecular weight excluding hydrogens is 182 g/mol. The van der Waals surface area contributed by atoms with Crippen LogP contribution in [-0.2, 0) is 0 Å². The van der Waals surface area contributed by atoms with E-state index in [0.29, 0.717) is 6.04 Å². The van der Waals surface area contributed by atoms with E-state index in [1.807, 2.05) is 0 Å². The summed E-state index contributed by atoms with van der Waals surface area (Å²) in [6.45, 7) is 5.70. The van der Waals surface area contributed by atoms with Gasteiger partial charge in [0.05, 0.1) is 0 Å². The van der Waals surface area contributed by atoms with Gasteiger partial charge in [-0.1, -0.05) is 26.7 Å².